The van der Waals surface area contributed by atoms with Gasteiger partial charge in [0.25, 0.3) is 0 Å². The second-order valence-electron chi connectivity index (χ2n) is 7.34. The van der Waals surface area contributed by atoms with E-state index >= 15 is 0 Å². The first-order valence-electron chi connectivity index (χ1n) is 10.2. The molecule has 148 valence electrons. The summed E-state index contributed by atoms with van der Waals surface area (Å²) in [5, 5.41) is 0. The summed E-state index contributed by atoms with van der Waals surface area (Å²) < 4.78 is 0. The molecule has 2 aromatic rings. The molecule has 3 rings (SSSR count). The summed E-state index contributed by atoms with van der Waals surface area (Å²) in [6.45, 7) is 5.53. The molecule has 1 aromatic carbocycles. The summed E-state index contributed by atoms with van der Waals surface area (Å²) >= 11 is 0. The van der Waals surface area contributed by atoms with Crippen molar-refractivity contribution in [1.29, 1.82) is 0 Å². The van der Waals surface area contributed by atoms with Crippen LogP contribution >= 0.6 is 0 Å². The molecule has 1 fully saturated rings. The Morgan fingerprint density at radius 3 is 2.57 bits per heavy atom. The van der Waals surface area contributed by atoms with Gasteiger partial charge in [0.15, 0.2) is 5.78 Å². The average Bonchev–Trinajstić information content (AvgIpc) is 2.77. The Kier molecular flexibility index (Phi) is 7.31. The van der Waals surface area contributed by atoms with Gasteiger partial charge in [0, 0.05) is 56.5 Å². The summed E-state index contributed by atoms with van der Waals surface area (Å²) in [5.74, 6) is 0.129. The minimum Gasteiger partial charge on any atom is -0.341 e. The largest absolute Gasteiger partial charge is 0.341 e. The maximum atomic E-state index is 12.7. The third-order valence-electron chi connectivity index (χ3n) is 5.47. The van der Waals surface area contributed by atoms with Gasteiger partial charge in [0.05, 0.1) is 0 Å². The molecule has 1 aromatic heterocycles. The van der Waals surface area contributed by atoms with E-state index in [1.165, 1.54) is 5.56 Å². The first kappa shape index (κ1) is 20.2. The van der Waals surface area contributed by atoms with Crippen molar-refractivity contribution < 1.29 is 9.59 Å². The molecule has 2 heterocycles. The third-order valence-corrected chi connectivity index (χ3v) is 5.47. The number of aromatic nitrogens is 1. The maximum absolute atomic E-state index is 12.7. The molecule has 1 atom stereocenters. The van der Waals surface area contributed by atoms with Gasteiger partial charge in [-0.15, -0.1) is 0 Å². The molecule has 1 aliphatic rings. The molecule has 0 radical (unpaired) electrons. The second kappa shape index (κ2) is 10.1. The fraction of sp³-hybridized carbons (Fsp3) is 0.435. The zero-order valence-corrected chi connectivity index (χ0v) is 16.6. The van der Waals surface area contributed by atoms with Crippen molar-refractivity contribution in [3.63, 3.8) is 0 Å². The second-order valence-corrected chi connectivity index (χ2v) is 7.34. The number of amides is 1. The lowest BCUT2D eigenvalue weighted by molar-refractivity contribution is -0.133. The van der Waals surface area contributed by atoms with Gasteiger partial charge in [-0.2, -0.15) is 0 Å². The molecule has 5 heteroatoms. The number of likely N-dealkylation sites (N-methyl/N-ethyl adjacent to an activating group) is 1. The predicted molar refractivity (Wildman–Crippen MR) is 110 cm³/mol. The summed E-state index contributed by atoms with van der Waals surface area (Å²) in [6.07, 6.45) is 6.32. The van der Waals surface area contributed by atoms with E-state index < -0.39 is 0 Å². The van der Waals surface area contributed by atoms with E-state index in [1.807, 2.05) is 59.8 Å². The number of carbonyl (C=O) groups is 2. The van der Waals surface area contributed by atoms with Gasteiger partial charge in [0.2, 0.25) is 5.91 Å². The first-order valence-corrected chi connectivity index (χ1v) is 10.2. The number of carbonyl (C=O) groups excluding carboxylic acids is 2. The highest BCUT2D eigenvalue weighted by Crippen LogP contribution is 2.19. The van der Waals surface area contributed by atoms with Crippen LogP contribution in [0.15, 0.2) is 54.9 Å². The van der Waals surface area contributed by atoms with E-state index in [-0.39, 0.29) is 24.5 Å². The predicted octanol–water partition coefficient (Wildman–Crippen LogP) is 3.56. The minimum atomic E-state index is 0.0374. The van der Waals surface area contributed by atoms with Crippen LogP contribution in [-0.4, -0.2) is 52.2 Å². The lowest BCUT2D eigenvalue weighted by Gasteiger charge is -2.39. The van der Waals surface area contributed by atoms with Crippen LogP contribution in [0.25, 0.3) is 0 Å². The summed E-state index contributed by atoms with van der Waals surface area (Å²) in [4.78, 5) is 33.4. The van der Waals surface area contributed by atoms with E-state index in [0.717, 1.165) is 39.0 Å². The highest BCUT2D eigenvalue weighted by molar-refractivity contribution is 5.97. The zero-order valence-electron chi connectivity index (χ0n) is 16.6. The number of ketones is 1. The highest BCUT2D eigenvalue weighted by Gasteiger charge is 2.27. The standard InChI is InChI=1S/C23H29N3O2/c1-2-25(17-19-12-14-24-15-13-19)21-9-6-16-26(18-21)23(28)11-10-22(27)20-7-4-3-5-8-20/h3-5,7-8,12-15,21H,2,6,9-11,16-18H2,1H3/t21-/m0/s1. The molecular weight excluding hydrogens is 350 g/mol. The van der Waals surface area contributed by atoms with E-state index in [4.69, 9.17) is 0 Å². The Morgan fingerprint density at radius 1 is 1.11 bits per heavy atom. The number of rotatable bonds is 8. The Labute approximate surface area is 167 Å². The fourth-order valence-corrected chi connectivity index (χ4v) is 3.85. The van der Waals surface area contributed by atoms with Crippen molar-refractivity contribution in [2.24, 2.45) is 0 Å². The molecule has 28 heavy (non-hydrogen) atoms. The summed E-state index contributed by atoms with van der Waals surface area (Å²) in [7, 11) is 0. The molecule has 0 N–H and O–H groups in total. The summed E-state index contributed by atoms with van der Waals surface area (Å²) in [5.41, 5.74) is 1.93. The van der Waals surface area contributed by atoms with Crippen LogP contribution in [0.2, 0.25) is 0 Å². The van der Waals surface area contributed by atoms with Gasteiger partial charge >= 0.3 is 0 Å². The third kappa shape index (κ3) is 5.49. The Balaban J connectivity index is 1.53. The lowest BCUT2D eigenvalue weighted by Crippen LogP contribution is -2.49. The van der Waals surface area contributed by atoms with E-state index in [0.29, 0.717) is 11.6 Å². The molecule has 1 amide bonds. The molecule has 0 aliphatic carbocycles. The quantitative estimate of drug-likeness (QED) is 0.658. The SMILES string of the molecule is CCN(Cc1ccncc1)[C@H]1CCCN(C(=O)CCC(=O)c2ccccc2)C1. The highest BCUT2D eigenvalue weighted by atomic mass is 16.2. The number of hydrogen-bond acceptors (Lipinski definition) is 4. The van der Waals surface area contributed by atoms with Crippen LogP contribution in [0.1, 0.15) is 48.5 Å². The van der Waals surface area contributed by atoms with Gasteiger partial charge in [-0.05, 0) is 37.1 Å². The average molecular weight is 380 g/mol. The van der Waals surface area contributed by atoms with Crippen LogP contribution in [0.5, 0.6) is 0 Å². The molecule has 1 aliphatic heterocycles. The monoisotopic (exact) mass is 379 g/mol. The van der Waals surface area contributed by atoms with Crippen molar-refractivity contribution in [2.45, 2.75) is 45.2 Å². The molecule has 5 nitrogen and oxygen atoms in total. The lowest BCUT2D eigenvalue weighted by atomic mass is 10.0. The Morgan fingerprint density at radius 2 is 1.86 bits per heavy atom. The van der Waals surface area contributed by atoms with Crippen molar-refractivity contribution in [2.75, 3.05) is 19.6 Å². The molecule has 0 spiro atoms. The number of piperidine rings is 1. The van der Waals surface area contributed by atoms with E-state index in [9.17, 15) is 9.59 Å². The molecule has 1 saturated heterocycles. The van der Waals surface area contributed by atoms with Gasteiger partial charge < -0.3 is 4.90 Å². The molecule has 0 saturated carbocycles. The van der Waals surface area contributed by atoms with Crippen LogP contribution in [0.3, 0.4) is 0 Å². The van der Waals surface area contributed by atoms with Crippen molar-refractivity contribution in [3.8, 4) is 0 Å². The van der Waals surface area contributed by atoms with Gasteiger partial charge in [-0.1, -0.05) is 37.3 Å². The van der Waals surface area contributed by atoms with Crippen molar-refractivity contribution >= 4 is 11.7 Å². The molecule has 0 bridgehead atoms. The van der Waals surface area contributed by atoms with Crippen molar-refractivity contribution in [1.82, 2.24) is 14.8 Å². The van der Waals surface area contributed by atoms with Gasteiger partial charge in [-0.25, -0.2) is 0 Å². The number of nitrogens with zero attached hydrogens (tertiary/aromatic N) is 3. The normalized spacial score (nSPS) is 16.9. The summed E-state index contributed by atoms with van der Waals surface area (Å²) in [6, 6.07) is 13.7. The smallest absolute Gasteiger partial charge is 0.223 e. The number of hydrogen-bond donors (Lipinski definition) is 0. The van der Waals surface area contributed by atoms with E-state index in [2.05, 4.69) is 16.8 Å². The number of likely N-dealkylation sites (tertiary alicyclic amines) is 1. The van der Waals surface area contributed by atoms with E-state index in [1.54, 1.807) is 0 Å². The molecular formula is C23H29N3O2. The number of Topliss-reactive ketones (excluding diaryl/α,β-unsaturated/α-hetero) is 1. The molecule has 0 unspecified atom stereocenters. The van der Waals surface area contributed by atoms with Crippen LogP contribution in [0.4, 0.5) is 0 Å². The number of benzene rings is 1. The van der Waals surface area contributed by atoms with Gasteiger partial charge in [-0.3, -0.25) is 19.5 Å². The minimum absolute atomic E-state index is 0.0374. The van der Waals surface area contributed by atoms with Crippen LogP contribution in [0, 0.1) is 0 Å². The van der Waals surface area contributed by atoms with Gasteiger partial charge in [0.1, 0.15) is 0 Å². The fourth-order valence-electron chi connectivity index (χ4n) is 3.85. The topological polar surface area (TPSA) is 53.5 Å². The zero-order chi connectivity index (χ0) is 19.8. The van der Waals surface area contributed by atoms with Crippen LogP contribution in [-0.2, 0) is 11.3 Å². The number of pyridine rings is 1. The maximum Gasteiger partial charge on any atom is 0.223 e. The first-order chi connectivity index (χ1) is 13.7. The Bertz CT molecular complexity index is 764. The van der Waals surface area contributed by atoms with Crippen molar-refractivity contribution in [3.05, 3.63) is 66.0 Å². The van der Waals surface area contributed by atoms with Crippen LogP contribution < -0.4 is 0 Å². The Hall–Kier alpha value is -2.53.